The highest BCUT2D eigenvalue weighted by Gasteiger charge is 2.20. The van der Waals surface area contributed by atoms with Crippen LogP contribution >= 0.6 is 15.9 Å². The van der Waals surface area contributed by atoms with E-state index < -0.39 is 0 Å². The van der Waals surface area contributed by atoms with Crippen molar-refractivity contribution in [2.45, 2.75) is 20.0 Å². The molecule has 1 aromatic carbocycles. The molecule has 3 nitrogen and oxygen atoms in total. The molecule has 1 aliphatic rings. The van der Waals surface area contributed by atoms with Gasteiger partial charge in [0.2, 0.25) is 5.95 Å². The molecule has 0 bridgehead atoms. The van der Waals surface area contributed by atoms with Crippen molar-refractivity contribution in [3.8, 4) is 0 Å². The first-order chi connectivity index (χ1) is 8.22. The molecule has 0 unspecified atom stereocenters. The van der Waals surface area contributed by atoms with Crippen LogP contribution in [0, 0.1) is 6.92 Å². The second-order valence-corrected chi connectivity index (χ2v) is 5.07. The Morgan fingerprint density at radius 1 is 1.12 bits per heavy atom. The van der Waals surface area contributed by atoms with Gasteiger partial charge in [-0.05, 0) is 40.0 Å². The molecule has 0 radical (unpaired) electrons. The monoisotopic (exact) mass is 289 g/mol. The molecule has 2 aromatic rings. The van der Waals surface area contributed by atoms with Gasteiger partial charge in [-0.2, -0.15) is 0 Å². The zero-order valence-electron chi connectivity index (χ0n) is 9.52. The topological polar surface area (TPSA) is 29.0 Å². The standard InChI is InChI=1S/C13H12BrN3/c1-9-6-12(14)16-13(15-9)17-7-10-4-2-3-5-11(10)8-17/h2-6H,7-8H2,1H3. The molecule has 0 amide bonds. The van der Waals surface area contributed by atoms with Crippen LogP contribution in [0.25, 0.3) is 0 Å². The largest absolute Gasteiger partial charge is 0.332 e. The summed E-state index contributed by atoms with van der Waals surface area (Å²) in [6.45, 7) is 3.78. The number of hydrogen-bond donors (Lipinski definition) is 0. The number of fused-ring (bicyclic) bond motifs is 1. The van der Waals surface area contributed by atoms with Gasteiger partial charge in [0, 0.05) is 18.8 Å². The number of aryl methyl sites for hydroxylation is 1. The predicted molar refractivity (Wildman–Crippen MR) is 70.8 cm³/mol. The Morgan fingerprint density at radius 2 is 1.76 bits per heavy atom. The third kappa shape index (κ3) is 2.05. The minimum Gasteiger partial charge on any atom is -0.332 e. The minimum atomic E-state index is 0.799. The molecule has 0 atom stereocenters. The lowest BCUT2D eigenvalue weighted by molar-refractivity contribution is 0.819. The van der Waals surface area contributed by atoms with Crippen LogP contribution in [0.2, 0.25) is 0 Å². The number of halogens is 1. The van der Waals surface area contributed by atoms with Gasteiger partial charge in [-0.15, -0.1) is 0 Å². The lowest BCUT2D eigenvalue weighted by atomic mass is 10.1. The van der Waals surface area contributed by atoms with Gasteiger partial charge >= 0.3 is 0 Å². The van der Waals surface area contributed by atoms with E-state index in [4.69, 9.17) is 0 Å². The van der Waals surface area contributed by atoms with Crippen molar-refractivity contribution in [3.05, 3.63) is 51.8 Å². The van der Waals surface area contributed by atoms with Crippen molar-refractivity contribution < 1.29 is 0 Å². The van der Waals surface area contributed by atoms with E-state index in [1.807, 2.05) is 13.0 Å². The summed E-state index contributed by atoms with van der Waals surface area (Å²) in [4.78, 5) is 11.1. The SMILES string of the molecule is Cc1cc(Br)nc(N2Cc3ccccc3C2)n1. The summed E-state index contributed by atoms with van der Waals surface area (Å²) in [6.07, 6.45) is 0. The lowest BCUT2D eigenvalue weighted by Gasteiger charge is -2.15. The maximum absolute atomic E-state index is 4.48. The molecule has 0 N–H and O–H groups in total. The van der Waals surface area contributed by atoms with Crippen LogP contribution in [0.5, 0.6) is 0 Å². The van der Waals surface area contributed by atoms with Crippen LogP contribution < -0.4 is 4.90 Å². The van der Waals surface area contributed by atoms with Gasteiger partial charge in [0.1, 0.15) is 4.60 Å². The minimum absolute atomic E-state index is 0.799. The van der Waals surface area contributed by atoms with Crippen LogP contribution in [-0.2, 0) is 13.1 Å². The molecule has 3 rings (SSSR count). The highest BCUT2D eigenvalue weighted by molar-refractivity contribution is 9.10. The van der Waals surface area contributed by atoms with E-state index in [-0.39, 0.29) is 0 Å². The number of rotatable bonds is 1. The molecule has 0 fully saturated rings. The van der Waals surface area contributed by atoms with E-state index >= 15 is 0 Å². The first-order valence-electron chi connectivity index (χ1n) is 5.55. The molecule has 0 spiro atoms. The first kappa shape index (κ1) is 10.7. The Bertz CT molecular complexity index is 523. The second kappa shape index (κ2) is 4.11. The fourth-order valence-electron chi connectivity index (χ4n) is 2.13. The van der Waals surface area contributed by atoms with Gasteiger partial charge in [0.05, 0.1) is 0 Å². The van der Waals surface area contributed by atoms with E-state index in [0.29, 0.717) is 0 Å². The van der Waals surface area contributed by atoms with Gasteiger partial charge < -0.3 is 4.90 Å². The quantitative estimate of drug-likeness (QED) is 0.756. The van der Waals surface area contributed by atoms with E-state index in [9.17, 15) is 0 Å². The molecule has 86 valence electrons. The van der Waals surface area contributed by atoms with Crippen molar-refractivity contribution in [3.63, 3.8) is 0 Å². The molecule has 1 aromatic heterocycles. The lowest BCUT2D eigenvalue weighted by Crippen LogP contribution is -2.18. The average Bonchev–Trinajstić information content (AvgIpc) is 2.71. The third-order valence-corrected chi connectivity index (χ3v) is 3.34. The fourth-order valence-corrected chi connectivity index (χ4v) is 2.62. The molecule has 0 saturated heterocycles. The maximum atomic E-state index is 4.48. The Hall–Kier alpha value is -1.42. The average molecular weight is 290 g/mol. The van der Waals surface area contributed by atoms with Crippen LogP contribution in [0.4, 0.5) is 5.95 Å². The van der Waals surface area contributed by atoms with Gasteiger partial charge in [0.25, 0.3) is 0 Å². The summed E-state index contributed by atoms with van der Waals surface area (Å²) in [6, 6.07) is 10.4. The highest BCUT2D eigenvalue weighted by atomic mass is 79.9. The van der Waals surface area contributed by atoms with Crippen molar-refractivity contribution in [1.82, 2.24) is 9.97 Å². The highest BCUT2D eigenvalue weighted by Crippen LogP contribution is 2.26. The van der Waals surface area contributed by atoms with Crippen molar-refractivity contribution in [1.29, 1.82) is 0 Å². The van der Waals surface area contributed by atoms with E-state index in [1.54, 1.807) is 0 Å². The maximum Gasteiger partial charge on any atom is 0.227 e. The number of anilines is 1. The first-order valence-corrected chi connectivity index (χ1v) is 6.34. The number of benzene rings is 1. The number of hydrogen-bond acceptors (Lipinski definition) is 3. The molecular formula is C13H12BrN3. The van der Waals surface area contributed by atoms with E-state index in [1.165, 1.54) is 11.1 Å². The number of nitrogens with zero attached hydrogens (tertiary/aromatic N) is 3. The number of aromatic nitrogens is 2. The van der Waals surface area contributed by atoms with Gasteiger partial charge in [-0.3, -0.25) is 0 Å². The van der Waals surface area contributed by atoms with Gasteiger partial charge in [0.15, 0.2) is 0 Å². The zero-order chi connectivity index (χ0) is 11.8. The summed E-state index contributed by atoms with van der Waals surface area (Å²) in [5.41, 5.74) is 3.72. The Balaban J connectivity index is 1.93. The second-order valence-electron chi connectivity index (χ2n) is 4.26. The normalized spacial score (nSPS) is 13.9. The molecule has 0 saturated carbocycles. The summed E-state index contributed by atoms with van der Waals surface area (Å²) in [7, 11) is 0. The Labute approximate surface area is 109 Å². The molecular weight excluding hydrogens is 278 g/mol. The Kier molecular flexibility index (Phi) is 2.59. The van der Waals surface area contributed by atoms with Crippen LogP contribution in [0.3, 0.4) is 0 Å². The van der Waals surface area contributed by atoms with Crippen molar-refractivity contribution in [2.24, 2.45) is 0 Å². The summed E-state index contributed by atoms with van der Waals surface area (Å²) >= 11 is 3.42. The van der Waals surface area contributed by atoms with E-state index in [0.717, 1.165) is 29.3 Å². The third-order valence-electron chi connectivity index (χ3n) is 2.93. The fraction of sp³-hybridized carbons (Fsp3) is 0.231. The molecule has 4 heteroatoms. The smallest absolute Gasteiger partial charge is 0.227 e. The van der Waals surface area contributed by atoms with Crippen LogP contribution in [-0.4, -0.2) is 9.97 Å². The predicted octanol–water partition coefficient (Wildman–Crippen LogP) is 3.07. The Morgan fingerprint density at radius 3 is 2.35 bits per heavy atom. The molecule has 1 aliphatic heterocycles. The molecule has 2 heterocycles. The van der Waals surface area contributed by atoms with Gasteiger partial charge in [-0.1, -0.05) is 24.3 Å². The summed E-state index contributed by atoms with van der Waals surface area (Å²) < 4.78 is 0.843. The van der Waals surface area contributed by atoms with Crippen molar-refractivity contribution in [2.75, 3.05) is 4.90 Å². The van der Waals surface area contributed by atoms with Crippen molar-refractivity contribution >= 4 is 21.9 Å². The zero-order valence-corrected chi connectivity index (χ0v) is 11.1. The van der Waals surface area contributed by atoms with E-state index in [2.05, 4.69) is 55.1 Å². The van der Waals surface area contributed by atoms with Crippen LogP contribution in [0.15, 0.2) is 34.9 Å². The summed E-state index contributed by atoms with van der Waals surface area (Å²) in [5.74, 6) is 0.799. The van der Waals surface area contributed by atoms with Gasteiger partial charge in [-0.25, -0.2) is 9.97 Å². The summed E-state index contributed by atoms with van der Waals surface area (Å²) in [5, 5.41) is 0. The molecule has 17 heavy (non-hydrogen) atoms. The molecule has 0 aliphatic carbocycles. The van der Waals surface area contributed by atoms with Crippen LogP contribution in [0.1, 0.15) is 16.8 Å².